The van der Waals surface area contributed by atoms with Crippen LogP contribution in [0.25, 0.3) is 0 Å². The zero-order valence-corrected chi connectivity index (χ0v) is 11.4. The largest absolute Gasteiger partial charge is 0.350 e. The minimum Gasteiger partial charge on any atom is -0.350 e. The van der Waals surface area contributed by atoms with Crippen LogP contribution in [-0.4, -0.2) is 24.4 Å². The van der Waals surface area contributed by atoms with Gasteiger partial charge in [0.2, 0.25) is 11.8 Å². The van der Waals surface area contributed by atoms with E-state index in [2.05, 4.69) is 5.32 Å². The van der Waals surface area contributed by atoms with Gasteiger partial charge in [0.25, 0.3) is 0 Å². The molecule has 0 aliphatic carbocycles. The summed E-state index contributed by atoms with van der Waals surface area (Å²) in [4.78, 5) is 25.2. The number of nitrogens with one attached hydrogen (secondary N) is 1. The maximum absolute atomic E-state index is 11.9. The molecule has 19 heavy (non-hydrogen) atoms. The van der Waals surface area contributed by atoms with E-state index in [-0.39, 0.29) is 24.4 Å². The monoisotopic (exact) mass is 281 g/mol. The Balaban J connectivity index is 2.45. The van der Waals surface area contributed by atoms with Crippen LogP contribution < -0.4 is 16.0 Å². The Kier molecular flexibility index (Phi) is 4.07. The van der Waals surface area contributed by atoms with Crippen molar-refractivity contribution >= 4 is 29.1 Å². The molecule has 6 heteroatoms. The standard InChI is InChI=1S/C13H16ClN3O2/c1-2-10-13(19)16-12(18)7-17(10)11-5-9(14)4-3-8(11)6-15/h3-5,10H,2,6-7,15H2,1H3,(H,16,18,19). The normalized spacial score (nSPS) is 19.5. The molecule has 102 valence electrons. The quantitative estimate of drug-likeness (QED) is 0.812. The number of imide groups is 1. The highest BCUT2D eigenvalue weighted by atomic mass is 35.5. The molecule has 1 aliphatic heterocycles. The lowest BCUT2D eigenvalue weighted by atomic mass is 10.1. The summed E-state index contributed by atoms with van der Waals surface area (Å²) in [5, 5.41) is 2.90. The molecule has 1 aromatic rings. The molecule has 1 aliphatic rings. The van der Waals surface area contributed by atoms with Crippen molar-refractivity contribution in [2.45, 2.75) is 25.9 Å². The number of amides is 2. The van der Waals surface area contributed by atoms with Crippen molar-refractivity contribution < 1.29 is 9.59 Å². The Morgan fingerprint density at radius 2 is 2.21 bits per heavy atom. The zero-order chi connectivity index (χ0) is 14.0. The van der Waals surface area contributed by atoms with Crippen LogP contribution in [0.1, 0.15) is 18.9 Å². The van der Waals surface area contributed by atoms with Crippen LogP contribution in [0.2, 0.25) is 5.02 Å². The van der Waals surface area contributed by atoms with Gasteiger partial charge in [-0.3, -0.25) is 14.9 Å². The van der Waals surface area contributed by atoms with Gasteiger partial charge in [0.05, 0.1) is 6.54 Å². The lowest BCUT2D eigenvalue weighted by Crippen LogP contribution is -2.58. The molecule has 1 fully saturated rings. The number of hydrogen-bond donors (Lipinski definition) is 2. The topological polar surface area (TPSA) is 75.4 Å². The molecule has 0 spiro atoms. The summed E-state index contributed by atoms with van der Waals surface area (Å²) < 4.78 is 0. The highest BCUT2D eigenvalue weighted by molar-refractivity contribution is 6.30. The summed E-state index contributed by atoms with van der Waals surface area (Å²) in [6.07, 6.45) is 0.607. The second-order valence-electron chi connectivity index (χ2n) is 4.44. The Morgan fingerprint density at radius 1 is 1.47 bits per heavy atom. The molecule has 2 amide bonds. The minimum atomic E-state index is -0.374. The van der Waals surface area contributed by atoms with E-state index in [1.54, 1.807) is 17.0 Å². The van der Waals surface area contributed by atoms with Crippen molar-refractivity contribution in [1.29, 1.82) is 0 Å². The van der Waals surface area contributed by atoms with Crippen molar-refractivity contribution in [3.8, 4) is 0 Å². The molecule has 3 N–H and O–H groups in total. The molecular weight excluding hydrogens is 266 g/mol. The maximum Gasteiger partial charge on any atom is 0.249 e. The predicted octanol–water partition coefficient (Wildman–Crippen LogP) is 1.04. The van der Waals surface area contributed by atoms with Crippen LogP contribution in [0.3, 0.4) is 0 Å². The molecular formula is C13H16ClN3O2. The smallest absolute Gasteiger partial charge is 0.249 e. The number of benzene rings is 1. The van der Waals surface area contributed by atoms with Gasteiger partial charge < -0.3 is 10.6 Å². The zero-order valence-electron chi connectivity index (χ0n) is 10.6. The SMILES string of the molecule is CCC1C(=O)NC(=O)CN1c1cc(Cl)ccc1CN. The molecule has 1 heterocycles. The van der Waals surface area contributed by atoms with E-state index in [9.17, 15) is 9.59 Å². The summed E-state index contributed by atoms with van der Waals surface area (Å²) in [5.74, 6) is -0.584. The maximum atomic E-state index is 11.9. The van der Waals surface area contributed by atoms with Crippen molar-refractivity contribution in [3.63, 3.8) is 0 Å². The van der Waals surface area contributed by atoms with Gasteiger partial charge in [-0.05, 0) is 24.1 Å². The van der Waals surface area contributed by atoms with Crippen LogP contribution in [0.15, 0.2) is 18.2 Å². The molecule has 1 atom stereocenters. The van der Waals surface area contributed by atoms with Crippen LogP contribution in [-0.2, 0) is 16.1 Å². The minimum absolute atomic E-state index is 0.136. The van der Waals surface area contributed by atoms with E-state index >= 15 is 0 Å². The number of anilines is 1. The summed E-state index contributed by atoms with van der Waals surface area (Å²) in [5.41, 5.74) is 7.33. The third-order valence-corrected chi connectivity index (χ3v) is 3.45. The summed E-state index contributed by atoms with van der Waals surface area (Å²) in [7, 11) is 0. The third-order valence-electron chi connectivity index (χ3n) is 3.22. The second kappa shape index (κ2) is 5.59. The average Bonchev–Trinajstić information content (AvgIpc) is 2.37. The number of rotatable bonds is 3. The van der Waals surface area contributed by atoms with Crippen molar-refractivity contribution in [2.75, 3.05) is 11.4 Å². The van der Waals surface area contributed by atoms with E-state index in [1.807, 2.05) is 13.0 Å². The van der Waals surface area contributed by atoms with Gasteiger partial charge in [0, 0.05) is 17.3 Å². The van der Waals surface area contributed by atoms with Gasteiger partial charge in [0.15, 0.2) is 0 Å². The Labute approximate surface area is 116 Å². The molecule has 1 aromatic carbocycles. The van der Waals surface area contributed by atoms with Gasteiger partial charge in [-0.1, -0.05) is 24.6 Å². The van der Waals surface area contributed by atoms with E-state index in [1.165, 1.54) is 0 Å². The molecule has 0 radical (unpaired) electrons. The average molecular weight is 282 g/mol. The molecule has 0 bridgehead atoms. The number of carbonyl (C=O) groups excluding carboxylic acids is 2. The van der Waals surface area contributed by atoms with Gasteiger partial charge in [-0.2, -0.15) is 0 Å². The lowest BCUT2D eigenvalue weighted by Gasteiger charge is -2.36. The predicted molar refractivity (Wildman–Crippen MR) is 73.9 cm³/mol. The van der Waals surface area contributed by atoms with Crippen LogP contribution >= 0.6 is 11.6 Å². The Bertz CT molecular complexity index is 519. The number of halogens is 1. The number of piperazine rings is 1. The Hall–Kier alpha value is -1.59. The molecule has 2 rings (SSSR count). The van der Waals surface area contributed by atoms with Crippen LogP contribution in [0, 0.1) is 0 Å². The molecule has 0 aromatic heterocycles. The van der Waals surface area contributed by atoms with E-state index in [0.717, 1.165) is 11.3 Å². The highest BCUT2D eigenvalue weighted by Crippen LogP contribution is 2.28. The second-order valence-corrected chi connectivity index (χ2v) is 4.88. The number of hydrogen-bond acceptors (Lipinski definition) is 4. The van der Waals surface area contributed by atoms with E-state index < -0.39 is 0 Å². The van der Waals surface area contributed by atoms with Gasteiger partial charge in [0.1, 0.15) is 6.04 Å². The fourth-order valence-corrected chi connectivity index (χ4v) is 2.47. The summed E-state index contributed by atoms with van der Waals surface area (Å²) in [6.45, 7) is 2.37. The van der Waals surface area contributed by atoms with Gasteiger partial charge in [-0.15, -0.1) is 0 Å². The fraction of sp³-hybridized carbons (Fsp3) is 0.385. The number of nitrogens with zero attached hydrogens (tertiary/aromatic N) is 1. The Morgan fingerprint density at radius 3 is 2.84 bits per heavy atom. The number of carbonyl (C=O) groups is 2. The highest BCUT2D eigenvalue weighted by Gasteiger charge is 2.33. The van der Waals surface area contributed by atoms with Crippen LogP contribution in [0.5, 0.6) is 0 Å². The van der Waals surface area contributed by atoms with Crippen molar-refractivity contribution in [1.82, 2.24) is 5.32 Å². The van der Waals surface area contributed by atoms with Gasteiger partial charge >= 0.3 is 0 Å². The van der Waals surface area contributed by atoms with E-state index in [4.69, 9.17) is 17.3 Å². The summed E-state index contributed by atoms with van der Waals surface area (Å²) in [6, 6.07) is 4.95. The van der Waals surface area contributed by atoms with E-state index in [0.29, 0.717) is 18.0 Å². The van der Waals surface area contributed by atoms with Crippen molar-refractivity contribution in [3.05, 3.63) is 28.8 Å². The van der Waals surface area contributed by atoms with Crippen molar-refractivity contribution in [2.24, 2.45) is 5.73 Å². The van der Waals surface area contributed by atoms with Crippen LogP contribution in [0.4, 0.5) is 5.69 Å². The fourth-order valence-electron chi connectivity index (χ4n) is 2.30. The first-order valence-electron chi connectivity index (χ1n) is 6.15. The number of nitrogens with two attached hydrogens (primary N) is 1. The third kappa shape index (κ3) is 2.72. The molecule has 1 saturated heterocycles. The first-order valence-corrected chi connectivity index (χ1v) is 6.53. The first-order chi connectivity index (χ1) is 9.06. The first kappa shape index (κ1) is 13.8. The summed E-state index contributed by atoms with van der Waals surface area (Å²) >= 11 is 6.00. The van der Waals surface area contributed by atoms with Gasteiger partial charge in [-0.25, -0.2) is 0 Å². The molecule has 1 unspecified atom stereocenters. The molecule has 5 nitrogen and oxygen atoms in total. The lowest BCUT2D eigenvalue weighted by molar-refractivity contribution is -0.132. The molecule has 0 saturated carbocycles.